The molecule has 0 saturated heterocycles. The van der Waals surface area contributed by atoms with Gasteiger partial charge in [-0.05, 0) is 18.9 Å². The molecule has 0 radical (unpaired) electrons. The Morgan fingerprint density at radius 3 is 2.47 bits per heavy atom. The summed E-state index contributed by atoms with van der Waals surface area (Å²) in [5, 5.41) is 9.98. The number of hydrogen-bond donors (Lipinski definition) is 1. The summed E-state index contributed by atoms with van der Waals surface area (Å²) in [5.74, 6) is -1.90. The highest BCUT2D eigenvalue weighted by Crippen LogP contribution is 2.27. The van der Waals surface area contributed by atoms with E-state index in [9.17, 15) is 13.9 Å². The van der Waals surface area contributed by atoms with Gasteiger partial charge >= 0.3 is 0 Å². The van der Waals surface area contributed by atoms with Crippen molar-refractivity contribution in [2.24, 2.45) is 0 Å². The molecule has 17 heavy (non-hydrogen) atoms. The molecule has 0 aromatic heterocycles. The Bertz CT molecular complexity index is 380. The van der Waals surface area contributed by atoms with Gasteiger partial charge < -0.3 is 9.84 Å². The number of aliphatic hydroxyl groups is 1. The molecule has 0 aliphatic rings. The fourth-order valence-electron chi connectivity index (χ4n) is 1.78. The van der Waals surface area contributed by atoms with Gasteiger partial charge in [0.1, 0.15) is 6.10 Å². The summed E-state index contributed by atoms with van der Waals surface area (Å²) in [7, 11) is 1.45. The van der Waals surface area contributed by atoms with Gasteiger partial charge in [-0.2, -0.15) is 0 Å². The molecule has 2 nitrogen and oxygen atoms in total. The van der Waals surface area contributed by atoms with Crippen molar-refractivity contribution < 1.29 is 18.6 Å². The van der Waals surface area contributed by atoms with E-state index in [0.717, 1.165) is 6.42 Å². The first kappa shape index (κ1) is 14.1. The summed E-state index contributed by atoms with van der Waals surface area (Å²) in [5.41, 5.74) is 0.177. The summed E-state index contributed by atoms with van der Waals surface area (Å²) < 4.78 is 32.1. The van der Waals surface area contributed by atoms with Crippen molar-refractivity contribution >= 4 is 0 Å². The van der Waals surface area contributed by atoms with E-state index in [1.54, 1.807) is 0 Å². The number of methoxy groups -OCH3 is 1. The third-order valence-corrected chi connectivity index (χ3v) is 2.85. The maximum atomic E-state index is 13.7. The highest BCUT2D eigenvalue weighted by molar-refractivity contribution is 5.27. The van der Waals surface area contributed by atoms with Crippen LogP contribution >= 0.6 is 0 Å². The first-order valence-electron chi connectivity index (χ1n) is 5.68. The van der Waals surface area contributed by atoms with Gasteiger partial charge in [0.2, 0.25) is 0 Å². The third-order valence-electron chi connectivity index (χ3n) is 2.85. The van der Waals surface area contributed by atoms with Crippen molar-refractivity contribution in [1.29, 1.82) is 0 Å². The van der Waals surface area contributed by atoms with Crippen LogP contribution in [0.2, 0.25) is 0 Å². The first-order chi connectivity index (χ1) is 8.02. The Hall–Kier alpha value is -1.00. The van der Waals surface area contributed by atoms with E-state index in [-0.39, 0.29) is 11.1 Å². The third kappa shape index (κ3) is 3.01. The molecular formula is C13H18F2O2. The van der Waals surface area contributed by atoms with Crippen LogP contribution in [0, 0.1) is 18.6 Å². The van der Waals surface area contributed by atoms with E-state index < -0.39 is 23.8 Å². The normalized spacial score (nSPS) is 14.7. The predicted octanol–water partition coefficient (Wildman–Crippen LogP) is 3.12. The lowest BCUT2D eigenvalue weighted by atomic mass is 9.99. The van der Waals surface area contributed by atoms with Crippen LogP contribution in [0.1, 0.15) is 37.0 Å². The molecule has 0 aliphatic carbocycles. The van der Waals surface area contributed by atoms with Crippen LogP contribution < -0.4 is 0 Å². The molecular weight excluding hydrogens is 226 g/mol. The van der Waals surface area contributed by atoms with Crippen LogP contribution in [0.4, 0.5) is 8.78 Å². The first-order valence-corrected chi connectivity index (χ1v) is 5.68. The maximum Gasteiger partial charge on any atom is 0.164 e. The van der Waals surface area contributed by atoms with Gasteiger partial charge in [-0.1, -0.05) is 25.5 Å². The molecule has 0 fully saturated rings. The smallest absolute Gasteiger partial charge is 0.164 e. The summed E-state index contributed by atoms with van der Waals surface area (Å²) in [4.78, 5) is 0. The molecule has 4 heteroatoms. The molecule has 1 aromatic carbocycles. The topological polar surface area (TPSA) is 29.5 Å². The lowest BCUT2D eigenvalue weighted by Crippen LogP contribution is -2.22. The molecule has 2 unspecified atom stereocenters. The zero-order chi connectivity index (χ0) is 13.0. The molecule has 0 heterocycles. The fourth-order valence-corrected chi connectivity index (χ4v) is 1.78. The van der Waals surface area contributed by atoms with Crippen LogP contribution in [0.25, 0.3) is 0 Å². The van der Waals surface area contributed by atoms with Crippen LogP contribution in [-0.2, 0) is 4.74 Å². The van der Waals surface area contributed by atoms with Crippen molar-refractivity contribution in [1.82, 2.24) is 0 Å². The average molecular weight is 244 g/mol. The number of aliphatic hydroxyl groups excluding tert-OH is 1. The lowest BCUT2D eigenvalue weighted by molar-refractivity contribution is -0.0198. The van der Waals surface area contributed by atoms with E-state index >= 15 is 0 Å². The maximum absolute atomic E-state index is 13.7. The largest absolute Gasteiger partial charge is 0.386 e. The van der Waals surface area contributed by atoms with Crippen molar-refractivity contribution in [2.45, 2.75) is 38.9 Å². The van der Waals surface area contributed by atoms with Gasteiger partial charge in [-0.3, -0.25) is 0 Å². The van der Waals surface area contributed by atoms with Crippen LogP contribution in [0.3, 0.4) is 0 Å². The molecule has 0 aliphatic heterocycles. The molecule has 96 valence electrons. The standard InChI is InChI=1S/C13H18F2O2/c1-4-5-10(17-3)13(16)9-7-6-8(2)11(14)12(9)15/h6-7,10,13,16H,4-5H2,1-3H3. The molecule has 1 rings (SSSR count). The Kier molecular flexibility index (Phi) is 5.02. The number of benzene rings is 1. The van der Waals surface area contributed by atoms with Gasteiger partial charge in [0.15, 0.2) is 11.6 Å². The summed E-state index contributed by atoms with van der Waals surface area (Å²) >= 11 is 0. The van der Waals surface area contributed by atoms with Crippen molar-refractivity contribution in [3.63, 3.8) is 0 Å². The van der Waals surface area contributed by atoms with Gasteiger partial charge in [-0.15, -0.1) is 0 Å². The molecule has 0 bridgehead atoms. The van der Waals surface area contributed by atoms with Gasteiger partial charge in [0.05, 0.1) is 6.10 Å². The molecule has 1 aromatic rings. The number of ether oxygens (including phenoxy) is 1. The molecule has 2 atom stereocenters. The number of rotatable bonds is 5. The quantitative estimate of drug-likeness (QED) is 0.862. The fraction of sp³-hybridized carbons (Fsp3) is 0.538. The van der Waals surface area contributed by atoms with Crippen LogP contribution in [0.15, 0.2) is 12.1 Å². The zero-order valence-corrected chi connectivity index (χ0v) is 10.3. The van der Waals surface area contributed by atoms with Crippen LogP contribution in [0.5, 0.6) is 0 Å². The van der Waals surface area contributed by atoms with E-state index in [4.69, 9.17) is 4.74 Å². The number of halogens is 2. The minimum atomic E-state index is -1.14. The number of aryl methyl sites for hydroxylation is 1. The van der Waals surface area contributed by atoms with Gasteiger partial charge in [0.25, 0.3) is 0 Å². The molecule has 0 spiro atoms. The molecule has 1 N–H and O–H groups in total. The minimum absolute atomic E-state index is 0.0478. The van der Waals surface area contributed by atoms with Crippen LogP contribution in [-0.4, -0.2) is 18.3 Å². The zero-order valence-electron chi connectivity index (χ0n) is 10.3. The Morgan fingerprint density at radius 2 is 1.94 bits per heavy atom. The van der Waals surface area contributed by atoms with Crippen molar-refractivity contribution in [3.8, 4) is 0 Å². The minimum Gasteiger partial charge on any atom is -0.386 e. The van der Waals surface area contributed by atoms with Gasteiger partial charge in [-0.25, -0.2) is 8.78 Å². The van der Waals surface area contributed by atoms with Crippen molar-refractivity contribution in [3.05, 3.63) is 34.9 Å². The van der Waals surface area contributed by atoms with E-state index in [0.29, 0.717) is 6.42 Å². The second kappa shape index (κ2) is 6.07. The van der Waals surface area contributed by atoms with Crippen molar-refractivity contribution in [2.75, 3.05) is 7.11 Å². The Balaban J connectivity index is 3.03. The average Bonchev–Trinajstić information content (AvgIpc) is 2.32. The molecule has 0 amide bonds. The Morgan fingerprint density at radius 1 is 1.29 bits per heavy atom. The van der Waals surface area contributed by atoms with E-state index in [1.807, 2.05) is 6.92 Å². The molecule has 0 saturated carbocycles. The SMILES string of the molecule is CCCC(OC)C(O)c1ccc(C)c(F)c1F. The van der Waals surface area contributed by atoms with Gasteiger partial charge in [0, 0.05) is 12.7 Å². The summed E-state index contributed by atoms with van der Waals surface area (Å²) in [6.45, 7) is 3.42. The summed E-state index contributed by atoms with van der Waals surface area (Å²) in [6, 6.07) is 2.86. The second-order valence-corrected chi connectivity index (χ2v) is 4.11. The monoisotopic (exact) mass is 244 g/mol. The van der Waals surface area contributed by atoms with E-state index in [1.165, 1.54) is 26.2 Å². The second-order valence-electron chi connectivity index (χ2n) is 4.11. The Labute approximate surface area is 100 Å². The predicted molar refractivity (Wildman–Crippen MR) is 61.8 cm³/mol. The summed E-state index contributed by atoms with van der Waals surface area (Å²) in [6.07, 6.45) is -0.273. The highest BCUT2D eigenvalue weighted by Gasteiger charge is 2.24. The lowest BCUT2D eigenvalue weighted by Gasteiger charge is -2.22. The highest BCUT2D eigenvalue weighted by atomic mass is 19.2. The van der Waals surface area contributed by atoms with E-state index in [2.05, 4.69) is 0 Å². The number of hydrogen-bond acceptors (Lipinski definition) is 2.